The molecule has 1 N–H and O–H groups in total. The van der Waals surface area contributed by atoms with E-state index in [1.807, 2.05) is 6.07 Å². The van der Waals surface area contributed by atoms with Crippen molar-refractivity contribution in [1.82, 2.24) is 14.9 Å². The molecule has 0 aromatic carbocycles. The van der Waals surface area contributed by atoms with E-state index in [1.54, 1.807) is 25.3 Å². The minimum Gasteiger partial charge on any atom is -0.493 e. The van der Waals surface area contributed by atoms with Crippen molar-refractivity contribution in [2.75, 3.05) is 50.7 Å². The third-order valence-electron chi connectivity index (χ3n) is 5.29. The van der Waals surface area contributed by atoms with Crippen LogP contribution in [0.15, 0.2) is 12.3 Å². The fourth-order valence-electron chi connectivity index (χ4n) is 3.23. The van der Waals surface area contributed by atoms with Crippen LogP contribution in [0.1, 0.15) is 23.4 Å². The van der Waals surface area contributed by atoms with Crippen LogP contribution in [0, 0.1) is 5.92 Å². The summed E-state index contributed by atoms with van der Waals surface area (Å²) in [5.41, 5.74) is 1.99. The summed E-state index contributed by atoms with van der Waals surface area (Å²) in [6.45, 7) is 3.44. The maximum absolute atomic E-state index is 12.4. The van der Waals surface area contributed by atoms with Crippen LogP contribution in [-0.4, -0.2) is 61.4 Å². The van der Waals surface area contributed by atoms with E-state index < -0.39 is 0 Å². The van der Waals surface area contributed by atoms with Crippen LogP contribution in [0.4, 0.5) is 15.6 Å². The molecule has 2 aromatic rings. The summed E-state index contributed by atoms with van der Waals surface area (Å²) in [6, 6.07) is 1.73. The minimum absolute atomic E-state index is 0.167. The number of anilines is 2. The van der Waals surface area contributed by atoms with E-state index in [0.29, 0.717) is 35.7 Å². The molecule has 3 heterocycles. The van der Waals surface area contributed by atoms with Crippen molar-refractivity contribution in [3.63, 3.8) is 0 Å². The standard InChI is InChI=1S/C20H26ClN5O3S/c1-25(7-8-29-12-13-3-4-13)20(27)24-19-23-15-5-6-26(11-17(15)30-19)14-9-16(28-2)18(21)22-10-14/h9-10,13H,3-8,11-12H2,1-2H3,(H,23,24,27). The molecule has 30 heavy (non-hydrogen) atoms. The van der Waals surface area contributed by atoms with E-state index in [9.17, 15) is 4.79 Å². The summed E-state index contributed by atoms with van der Waals surface area (Å²) in [7, 11) is 3.35. The number of nitrogens with zero attached hydrogens (tertiary/aromatic N) is 4. The average Bonchev–Trinajstić information content (AvgIpc) is 3.48. The minimum atomic E-state index is -0.167. The first kappa shape index (κ1) is 21.1. The lowest BCUT2D eigenvalue weighted by atomic mass is 10.1. The zero-order chi connectivity index (χ0) is 21.1. The maximum Gasteiger partial charge on any atom is 0.323 e. The molecule has 0 atom stereocenters. The van der Waals surface area contributed by atoms with Crippen LogP contribution in [0.5, 0.6) is 5.75 Å². The Balaban J connectivity index is 1.32. The van der Waals surface area contributed by atoms with E-state index in [4.69, 9.17) is 21.1 Å². The van der Waals surface area contributed by atoms with Crippen LogP contribution in [0.25, 0.3) is 0 Å². The van der Waals surface area contributed by atoms with Gasteiger partial charge in [0.15, 0.2) is 16.0 Å². The number of pyridine rings is 1. The summed E-state index contributed by atoms with van der Waals surface area (Å²) in [5, 5.41) is 3.89. The number of methoxy groups -OCH3 is 1. The number of aromatic nitrogens is 2. The third kappa shape index (κ3) is 5.14. The molecule has 0 unspecified atom stereocenters. The summed E-state index contributed by atoms with van der Waals surface area (Å²) in [6.07, 6.45) is 5.09. The molecule has 8 nitrogen and oxygen atoms in total. The number of thiazole rings is 1. The zero-order valence-electron chi connectivity index (χ0n) is 17.2. The highest BCUT2D eigenvalue weighted by molar-refractivity contribution is 7.15. The summed E-state index contributed by atoms with van der Waals surface area (Å²) >= 11 is 7.55. The van der Waals surface area contributed by atoms with E-state index in [2.05, 4.69) is 20.2 Å². The summed E-state index contributed by atoms with van der Waals surface area (Å²) < 4.78 is 10.9. The number of hydrogen-bond acceptors (Lipinski definition) is 7. The Hall–Kier alpha value is -2.10. The van der Waals surface area contributed by atoms with Gasteiger partial charge in [-0.2, -0.15) is 0 Å². The van der Waals surface area contributed by atoms with E-state index >= 15 is 0 Å². The van der Waals surface area contributed by atoms with Crippen molar-refractivity contribution >= 4 is 39.8 Å². The monoisotopic (exact) mass is 451 g/mol. The molecule has 0 saturated heterocycles. The van der Waals surface area contributed by atoms with Crippen LogP contribution in [0.2, 0.25) is 5.15 Å². The van der Waals surface area contributed by atoms with Crippen molar-refractivity contribution in [2.45, 2.75) is 25.8 Å². The lowest BCUT2D eigenvalue weighted by molar-refractivity contribution is 0.109. The van der Waals surface area contributed by atoms with Gasteiger partial charge in [-0.1, -0.05) is 22.9 Å². The number of fused-ring (bicyclic) bond motifs is 1. The van der Waals surface area contributed by atoms with Crippen molar-refractivity contribution < 1.29 is 14.3 Å². The van der Waals surface area contributed by atoms with Gasteiger partial charge in [0, 0.05) is 44.1 Å². The predicted molar refractivity (Wildman–Crippen MR) is 118 cm³/mol. The molecule has 1 aliphatic heterocycles. The highest BCUT2D eigenvalue weighted by Gasteiger charge is 2.24. The molecule has 10 heteroatoms. The molecule has 1 fully saturated rings. The van der Waals surface area contributed by atoms with Gasteiger partial charge in [-0.3, -0.25) is 5.32 Å². The van der Waals surface area contributed by atoms with Gasteiger partial charge in [0.05, 0.1) is 37.8 Å². The molecule has 1 saturated carbocycles. The summed E-state index contributed by atoms with van der Waals surface area (Å²) in [4.78, 5) is 26.2. The number of likely N-dealkylation sites (N-methyl/N-ethyl adjacent to an activating group) is 1. The Labute approximate surface area is 185 Å². The first-order valence-electron chi connectivity index (χ1n) is 10.1. The van der Waals surface area contributed by atoms with Gasteiger partial charge in [-0.25, -0.2) is 14.8 Å². The number of amides is 2. The summed E-state index contributed by atoms with van der Waals surface area (Å²) in [5.74, 6) is 1.29. The van der Waals surface area contributed by atoms with Gasteiger partial charge in [0.25, 0.3) is 0 Å². The first-order chi connectivity index (χ1) is 14.5. The molecular formula is C20H26ClN5O3S. The van der Waals surface area contributed by atoms with Crippen LogP contribution >= 0.6 is 22.9 Å². The SMILES string of the molecule is COc1cc(N2CCc3nc(NC(=O)N(C)CCOCC4CC4)sc3C2)cnc1Cl. The fourth-order valence-corrected chi connectivity index (χ4v) is 4.42. The molecule has 2 aromatic heterocycles. The lowest BCUT2D eigenvalue weighted by Gasteiger charge is -2.28. The number of ether oxygens (including phenoxy) is 2. The number of carbonyl (C=O) groups excluding carboxylic acids is 1. The van der Waals surface area contributed by atoms with Gasteiger partial charge >= 0.3 is 6.03 Å². The van der Waals surface area contributed by atoms with Crippen molar-refractivity contribution in [1.29, 1.82) is 0 Å². The number of halogens is 1. The molecule has 0 radical (unpaired) electrons. The van der Waals surface area contributed by atoms with Gasteiger partial charge < -0.3 is 19.3 Å². The van der Waals surface area contributed by atoms with Crippen LogP contribution in [0.3, 0.4) is 0 Å². The molecule has 2 aliphatic rings. The highest BCUT2D eigenvalue weighted by Crippen LogP contribution is 2.33. The largest absolute Gasteiger partial charge is 0.493 e. The molecule has 0 spiro atoms. The Morgan fingerprint density at radius 2 is 2.30 bits per heavy atom. The smallest absolute Gasteiger partial charge is 0.323 e. The third-order valence-corrected chi connectivity index (χ3v) is 6.57. The number of carbonyl (C=O) groups is 1. The van der Waals surface area contributed by atoms with Crippen LogP contribution in [-0.2, 0) is 17.7 Å². The van der Waals surface area contributed by atoms with E-state index in [0.717, 1.165) is 41.7 Å². The number of rotatable bonds is 8. The van der Waals surface area contributed by atoms with Crippen molar-refractivity contribution in [2.24, 2.45) is 5.92 Å². The second-order valence-corrected chi connectivity index (χ2v) is 9.06. The molecule has 162 valence electrons. The van der Waals surface area contributed by atoms with E-state index in [-0.39, 0.29) is 6.03 Å². The van der Waals surface area contributed by atoms with Crippen LogP contribution < -0.4 is 15.0 Å². The Bertz CT molecular complexity index is 905. The average molecular weight is 452 g/mol. The second kappa shape index (κ2) is 9.36. The fraction of sp³-hybridized carbons (Fsp3) is 0.550. The normalized spacial score (nSPS) is 15.6. The molecular weight excluding hydrogens is 426 g/mol. The number of urea groups is 1. The lowest BCUT2D eigenvalue weighted by Crippen LogP contribution is -2.34. The molecule has 1 aliphatic carbocycles. The van der Waals surface area contributed by atoms with Gasteiger partial charge in [0.1, 0.15) is 0 Å². The topological polar surface area (TPSA) is 79.8 Å². The highest BCUT2D eigenvalue weighted by atomic mass is 35.5. The van der Waals surface area contributed by atoms with Crippen molar-refractivity contribution in [3.05, 3.63) is 28.0 Å². The molecule has 2 amide bonds. The Morgan fingerprint density at radius 1 is 1.47 bits per heavy atom. The maximum atomic E-state index is 12.4. The quantitative estimate of drug-likeness (QED) is 0.487. The predicted octanol–water partition coefficient (Wildman–Crippen LogP) is 3.65. The first-order valence-corrected chi connectivity index (χ1v) is 11.3. The molecule has 4 rings (SSSR count). The van der Waals surface area contributed by atoms with Gasteiger partial charge in [-0.15, -0.1) is 0 Å². The number of hydrogen-bond donors (Lipinski definition) is 1. The Morgan fingerprint density at radius 3 is 3.07 bits per heavy atom. The zero-order valence-corrected chi connectivity index (χ0v) is 18.8. The van der Waals surface area contributed by atoms with Gasteiger partial charge in [0.2, 0.25) is 0 Å². The van der Waals surface area contributed by atoms with Gasteiger partial charge in [-0.05, 0) is 18.8 Å². The number of nitrogens with one attached hydrogen (secondary N) is 1. The van der Waals surface area contributed by atoms with Crippen molar-refractivity contribution in [3.8, 4) is 5.75 Å². The van der Waals surface area contributed by atoms with E-state index in [1.165, 1.54) is 24.2 Å². The molecule has 0 bridgehead atoms. The second-order valence-electron chi connectivity index (χ2n) is 7.62. The Kier molecular flexibility index (Phi) is 6.60.